The maximum Gasteiger partial charge on any atom is 0.235 e. The standard InChI is InChI=1S/C13H22N2O2S/c1-4-15(13-9-6-5-8-12(13)2)18(16,17)11-7-10-14-3/h5-6,8-9,14H,4,7,10-11H2,1-3H3. The van der Waals surface area contributed by atoms with E-state index < -0.39 is 10.0 Å². The van der Waals surface area contributed by atoms with Crippen LogP contribution < -0.4 is 9.62 Å². The van der Waals surface area contributed by atoms with Crippen molar-refractivity contribution in [1.82, 2.24) is 5.32 Å². The Labute approximate surface area is 110 Å². The molecule has 0 spiro atoms. The van der Waals surface area contributed by atoms with Gasteiger partial charge in [-0.1, -0.05) is 18.2 Å². The lowest BCUT2D eigenvalue weighted by atomic mass is 10.2. The quantitative estimate of drug-likeness (QED) is 0.768. The van der Waals surface area contributed by atoms with Crippen molar-refractivity contribution in [1.29, 1.82) is 0 Å². The summed E-state index contributed by atoms with van der Waals surface area (Å²) < 4.78 is 26.1. The lowest BCUT2D eigenvalue weighted by Crippen LogP contribution is -2.34. The zero-order valence-corrected chi connectivity index (χ0v) is 12.1. The molecule has 0 saturated heterocycles. The lowest BCUT2D eigenvalue weighted by molar-refractivity contribution is 0.587. The van der Waals surface area contributed by atoms with E-state index >= 15 is 0 Å². The second-order valence-corrected chi connectivity index (χ2v) is 6.24. The molecule has 0 heterocycles. The largest absolute Gasteiger partial charge is 0.320 e. The van der Waals surface area contributed by atoms with Crippen LogP contribution in [0, 0.1) is 6.92 Å². The SMILES string of the molecule is CCN(c1ccccc1C)S(=O)(=O)CCCNC. The van der Waals surface area contributed by atoms with E-state index in [9.17, 15) is 8.42 Å². The van der Waals surface area contributed by atoms with Gasteiger partial charge in [0.1, 0.15) is 0 Å². The van der Waals surface area contributed by atoms with Crippen LogP contribution >= 0.6 is 0 Å². The second kappa shape index (κ2) is 6.75. The van der Waals surface area contributed by atoms with Gasteiger partial charge in [-0.15, -0.1) is 0 Å². The fourth-order valence-electron chi connectivity index (χ4n) is 1.90. The molecule has 4 nitrogen and oxygen atoms in total. The Morgan fingerprint density at radius 1 is 1.28 bits per heavy atom. The van der Waals surface area contributed by atoms with Gasteiger partial charge in [-0.25, -0.2) is 8.42 Å². The summed E-state index contributed by atoms with van der Waals surface area (Å²) in [6, 6.07) is 7.57. The topological polar surface area (TPSA) is 49.4 Å². The zero-order chi connectivity index (χ0) is 13.6. The maximum atomic E-state index is 12.3. The smallest absolute Gasteiger partial charge is 0.235 e. The second-order valence-electron chi connectivity index (χ2n) is 4.22. The van der Waals surface area contributed by atoms with E-state index in [1.807, 2.05) is 45.2 Å². The molecular weight excluding hydrogens is 248 g/mol. The molecule has 0 aliphatic rings. The van der Waals surface area contributed by atoms with Crippen LogP contribution in [0.3, 0.4) is 0 Å². The molecule has 0 radical (unpaired) electrons. The average molecular weight is 270 g/mol. The van der Waals surface area contributed by atoms with Crippen LogP contribution in [0.4, 0.5) is 5.69 Å². The summed E-state index contributed by atoms with van der Waals surface area (Å²) in [5, 5.41) is 2.97. The summed E-state index contributed by atoms with van der Waals surface area (Å²) in [6.07, 6.45) is 0.626. The van der Waals surface area contributed by atoms with E-state index in [1.165, 1.54) is 4.31 Å². The molecule has 0 bridgehead atoms. The number of hydrogen-bond donors (Lipinski definition) is 1. The minimum Gasteiger partial charge on any atom is -0.320 e. The summed E-state index contributed by atoms with van der Waals surface area (Å²) in [5.41, 5.74) is 1.76. The van der Waals surface area contributed by atoms with E-state index in [0.717, 1.165) is 11.3 Å². The first kappa shape index (κ1) is 15.0. The number of aryl methyl sites for hydroxylation is 1. The van der Waals surface area contributed by atoms with Gasteiger partial charge in [-0.3, -0.25) is 4.31 Å². The van der Waals surface area contributed by atoms with E-state index in [4.69, 9.17) is 0 Å². The molecule has 0 amide bonds. The number of benzene rings is 1. The number of rotatable bonds is 7. The van der Waals surface area contributed by atoms with E-state index in [-0.39, 0.29) is 5.75 Å². The summed E-state index contributed by atoms with van der Waals surface area (Å²) >= 11 is 0. The van der Waals surface area contributed by atoms with Crippen molar-refractivity contribution in [3.8, 4) is 0 Å². The van der Waals surface area contributed by atoms with Crippen LogP contribution in [-0.2, 0) is 10.0 Å². The van der Waals surface area contributed by atoms with Crippen molar-refractivity contribution in [2.75, 3.05) is 30.2 Å². The third kappa shape index (κ3) is 3.71. The van der Waals surface area contributed by atoms with Gasteiger partial charge in [-0.05, 0) is 45.5 Å². The summed E-state index contributed by atoms with van der Waals surface area (Å²) in [6.45, 7) is 4.97. The van der Waals surface area contributed by atoms with Gasteiger partial charge in [0.25, 0.3) is 0 Å². The average Bonchev–Trinajstić information content (AvgIpc) is 2.32. The zero-order valence-electron chi connectivity index (χ0n) is 11.3. The molecule has 5 heteroatoms. The van der Waals surface area contributed by atoms with E-state index in [0.29, 0.717) is 19.5 Å². The highest BCUT2D eigenvalue weighted by Crippen LogP contribution is 2.22. The number of sulfonamides is 1. The Morgan fingerprint density at radius 3 is 2.50 bits per heavy atom. The number of nitrogens with one attached hydrogen (secondary N) is 1. The normalized spacial score (nSPS) is 11.5. The lowest BCUT2D eigenvalue weighted by Gasteiger charge is -2.24. The molecule has 102 valence electrons. The predicted molar refractivity (Wildman–Crippen MR) is 76.5 cm³/mol. The summed E-state index contributed by atoms with van der Waals surface area (Å²) in [5.74, 6) is 0.177. The van der Waals surface area contributed by atoms with Crippen molar-refractivity contribution in [3.05, 3.63) is 29.8 Å². The van der Waals surface area contributed by atoms with Gasteiger partial charge in [0.2, 0.25) is 10.0 Å². The molecule has 1 rings (SSSR count). The fourth-order valence-corrected chi connectivity index (χ4v) is 3.53. The molecule has 0 aromatic heterocycles. The number of nitrogens with zero attached hydrogens (tertiary/aromatic N) is 1. The van der Waals surface area contributed by atoms with Crippen molar-refractivity contribution >= 4 is 15.7 Å². The fraction of sp³-hybridized carbons (Fsp3) is 0.538. The molecule has 0 saturated carbocycles. The van der Waals surface area contributed by atoms with Crippen LogP contribution in [0.5, 0.6) is 0 Å². The molecule has 0 atom stereocenters. The van der Waals surface area contributed by atoms with Gasteiger partial charge < -0.3 is 5.32 Å². The minimum absolute atomic E-state index is 0.177. The van der Waals surface area contributed by atoms with Crippen LogP contribution in [-0.4, -0.2) is 34.3 Å². The first-order valence-corrected chi connectivity index (χ1v) is 7.84. The minimum atomic E-state index is -3.23. The Balaban J connectivity index is 2.93. The van der Waals surface area contributed by atoms with Crippen molar-refractivity contribution in [2.45, 2.75) is 20.3 Å². The third-order valence-electron chi connectivity index (χ3n) is 2.84. The molecule has 0 unspecified atom stereocenters. The third-order valence-corrected chi connectivity index (χ3v) is 4.77. The van der Waals surface area contributed by atoms with Crippen molar-refractivity contribution in [3.63, 3.8) is 0 Å². The molecule has 0 aliphatic heterocycles. The highest BCUT2D eigenvalue weighted by molar-refractivity contribution is 7.92. The molecule has 0 aliphatic carbocycles. The highest BCUT2D eigenvalue weighted by atomic mass is 32.2. The first-order chi connectivity index (χ1) is 8.53. The monoisotopic (exact) mass is 270 g/mol. The number of para-hydroxylation sites is 1. The summed E-state index contributed by atoms with van der Waals surface area (Å²) in [4.78, 5) is 0. The molecule has 1 aromatic rings. The van der Waals surface area contributed by atoms with Gasteiger partial charge in [-0.2, -0.15) is 0 Å². The highest BCUT2D eigenvalue weighted by Gasteiger charge is 2.21. The predicted octanol–water partition coefficient (Wildman–Crippen LogP) is 1.76. The van der Waals surface area contributed by atoms with Gasteiger partial charge in [0.15, 0.2) is 0 Å². The van der Waals surface area contributed by atoms with Gasteiger partial charge >= 0.3 is 0 Å². The number of anilines is 1. The number of hydrogen-bond acceptors (Lipinski definition) is 3. The molecule has 18 heavy (non-hydrogen) atoms. The maximum absolute atomic E-state index is 12.3. The van der Waals surface area contributed by atoms with Crippen LogP contribution in [0.15, 0.2) is 24.3 Å². The van der Waals surface area contributed by atoms with Crippen LogP contribution in [0.25, 0.3) is 0 Å². The van der Waals surface area contributed by atoms with Crippen molar-refractivity contribution < 1.29 is 8.42 Å². The Bertz CT molecular complexity index is 472. The summed E-state index contributed by atoms with van der Waals surface area (Å²) in [7, 11) is -1.40. The van der Waals surface area contributed by atoms with Crippen molar-refractivity contribution in [2.24, 2.45) is 0 Å². The van der Waals surface area contributed by atoms with Gasteiger partial charge in [0.05, 0.1) is 11.4 Å². The molecule has 1 N–H and O–H groups in total. The van der Waals surface area contributed by atoms with E-state index in [1.54, 1.807) is 0 Å². The molecule has 0 fully saturated rings. The van der Waals surface area contributed by atoms with Crippen LogP contribution in [0.1, 0.15) is 18.9 Å². The first-order valence-electron chi connectivity index (χ1n) is 6.23. The Kier molecular flexibility index (Phi) is 5.62. The van der Waals surface area contributed by atoms with Crippen LogP contribution in [0.2, 0.25) is 0 Å². The Hall–Kier alpha value is -1.07. The molecular formula is C13H22N2O2S. The van der Waals surface area contributed by atoms with Gasteiger partial charge in [0, 0.05) is 6.54 Å². The van der Waals surface area contributed by atoms with E-state index in [2.05, 4.69) is 5.32 Å². The molecule has 1 aromatic carbocycles. The Morgan fingerprint density at radius 2 is 1.94 bits per heavy atom.